The second kappa shape index (κ2) is 6.10. The Kier molecular flexibility index (Phi) is 4.72. The summed E-state index contributed by atoms with van der Waals surface area (Å²) in [5.41, 5.74) is 0. The molecule has 4 nitrogen and oxygen atoms in total. The molecule has 0 bridgehead atoms. The molecular weight excluding hydrogens is 312 g/mol. The van der Waals surface area contributed by atoms with Crippen LogP contribution in [0.2, 0.25) is 0 Å². The number of nitrogens with zero attached hydrogens (tertiary/aromatic N) is 2. The number of rotatable bonds is 5. The molecule has 1 heterocycles. The fraction of sp³-hybridized carbons (Fsp3) is 0.667. The molecule has 1 aromatic heterocycles. The van der Waals surface area contributed by atoms with E-state index in [-0.39, 0.29) is 0 Å². The van der Waals surface area contributed by atoms with E-state index in [0.29, 0.717) is 4.75 Å². The monoisotopic (exact) mass is 330 g/mol. The number of anilines is 2. The minimum absolute atomic E-state index is 0.379. The molecule has 1 saturated carbocycles. The van der Waals surface area contributed by atoms with E-state index >= 15 is 0 Å². The van der Waals surface area contributed by atoms with Crippen LogP contribution >= 0.6 is 27.7 Å². The van der Waals surface area contributed by atoms with E-state index < -0.39 is 0 Å². The summed E-state index contributed by atoms with van der Waals surface area (Å²) in [5.74, 6) is 1.69. The topological polar surface area (TPSA) is 49.8 Å². The molecular formula is C12H19BrN4S. The van der Waals surface area contributed by atoms with Gasteiger partial charge in [0.15, 0.2) is 0 Å². The van der Waals surface area contributed by atoms with E-state index in [1.165, 1.54) is 25.7 Å². The van der Waals surface area contributed by atoms with Gasteiger partial charge in [-0.25, -0.2) is 9.97 Å². The second-order valence-corrected chi connectivity index (χ2v) is 6.65. The Morgan fingerprint density at radius 2 is 2.00 bits per heavy atom. The van der Waals surface area contributed by atoms with E-state index in [1.54, 1.807) is 6.33 Å². The summed E-state index contributed by atoms with van der Waals surface area (Å²) in [7, 11) is 1.86. The highest BCUT2D eigenvalue weighted by Crippen LogP contribution is 2.40. The van der Waals surface area contributed by atoms with Crippen molar-refractivity contribution in [2.24, 2.45) is 0 Å². The molecule has 2 rings (SSSR count). The van der Waals surface area contributed by atoms with Crippen LogP contribution in [-0.4, -0.2) is 34.6 Å². The van der Waals surface area contributed by atoms with Crippen molar-refractivity contribution in [3.63, 3.8) is 0 Å². The zero-order chi connectivity index (χ0) is 13.0. The highest BCUT2D eigenvalue weighted by molar-refractivity contribution is 9.10. The number of aromatic nitrogens is 2. The first kappa shape index (κ1) is 13.9. The van der Waals surface area contributed by atoms with Gasteiger partial charge in [-0.15, -0.1) is 0 Å². The largest absolute Gasteiger partial charge is 0.372 e. The van der Waals surface area contributed by atoms with Crippen LogP contribution in [-0.2, 0) is 0 Å². The van der Waals surface area contributed by atoms with Crippen molar-refractivity contribution in [3.05, 3.63) is 10.8 Å². The van der Waals surface area contributed by atoms with Gasteiger partial charge in [-0.1, -0.05) is 12.8 Å². The van der Waals surface area contributed by atoms with Gasteiger partial charge in [0.2, 0.25) is 0 Å². The first-order chi connectivity index (χ1) is 8.71. The molecule has 0 spiro atoms. The summed E-state index contributed by atoms with van der Waals surface area (Å²) in [6.07, 6.45) is 9.07. The van der Waals surface area contributed by atoms with Gasteiger partial charge >= 0.3 is 0 Å². The van der Waals surface area contributed by atoms with Crippen molar-refractivity contribution in [3.8, 4) is 0 Å². The second-order valence-electron chi connectivity index (χ2n) is 4.58. The van der Waals surface area contributed by atoms with Crippen LogP contribution < -0.4 is 10.6 Å². The summed E-state index contributed by atoms with van der Waals surface area (Å²) in [6.45, 7) is 0.965. The van der Waals surface area contributed by atoms with Gasteiger partial charge in [-0.05, 0) is 35.0 Å². The predicted octanol–water partition coefficient (Wildman–Crippen LogP) is 3.37. The number of thioether (sulfide) groups is 1. The fourth-order valence-electron chi connectivity index (χ4n) is 2.38. The lowest BCUT2D eigenvalue weighted by Crippen LogP contribution is -2.30. The Balaban J connectivity index is 2.05. The van der Waals surface area contributed by atoms with Crippen LogP contribution in [0.4, 0.5) is 11.6 Å². The molecule has 6 heteroatoms. The third-order valence-corrected chi connectivity index (χ3v) is 5.72. The first-order valence-electron chi connectivity index (χ1n) is 6.18. The van der Waals surface area contributed by atoms with E-state index in [4.69, 9.17) is 0 Å². The Labute approximate surface area is 121 Å². The van der Waals surface area contributed by atoms with Crippen LogP contribution in [0.25, 0.3) is 0 Å². The standard InChI is InChI=1S/C12H19BrN4S/c1-14-10-9(13)11(17-8-16-10)15-7-12(18-2)5-3-4-6-12/h8H,3-7H2,1-2H3,(H2,14,15,16,17). The summed E-state index contributed by atoms with van der Waals surface area (Å²) >= 11 is 5.51. The number of halogens is 1. The fourth-order valence-corrected chi connectivity index (χ4v) is 3.84. The van der Waals surface area contributed by atoms with Gasteiger partial charge < -0.3 is 10.6 Å². The van der Waals surface area contributed by atoms with Crippen molar-refractivity contribution >= 4 is 39.3 Å². The molecule has 1 fully saturated rings. The van der Waals surface area contributed by atoms with Crippen molar-refractivity contribution in [1.82, 2.24) is 9.97 Å². The summed E-state index contributed by atoms with van der Waals surface area (Å²) < 4.78 is 1.28. The zero-order valence-electron chi connectivity index (χ0n) is 10.8. The Bertz CT molecular complexity index is 407. The number of hydrogen-bond donors (Lipinski definition) is 2. The van der Waals surface area contributed by atoms with Crippen molar-refractivity contribution in [2.75, 3.05) is 30.5 Å². The Morgan fingerprint density at radius 1 is 1.33 bits per heavy atom. The normalized spacial score (nSPS) is 17.7. The SMILES string of the molecule is CNc1ncnc(NCC2(SC)CCCC2)c1Br. The molecule has 0 unspecified atom stereocenters. The van der Waals surface area contributed by atoms with E-state index in [1.807, 2.05) is 18.8 Å². The number of nitrogens with one attached hydrogen (secondary N) is 2. The lowest BCUT2D eigenvalue weighted by atomic mass is 10.1. The maximum Gasteiger partial charge on any atom is 0.145 e. The van der Waals surface area contributed by atoms with Crippen LogP contribution in [0.1, 0.15) is 25.7 Å². The maximum atomic E-state index is 4.29. The smallest absolute Gasteiger partial charge is 0.145 e. The number of hydrogen-bond acceptors (Lipinski definition) is 5. The molecule has 0 atom stereocenters. The van der Waals surface area contributed by atoms with Gasteiger partial charge in [-0.3, -0.25) is 0 Å². The van der Waals surface area contributed by atoms with E-state index in [9.17, 15) is 0 Å². The Hall–Kier alpha value is -0.490. The van der Waals surface area contributed by atoms with Crippen LogP contribution in [0, 0.1) is 0 Å². The van der Waals surface area contributed by atoms with Gasteiger partial charge in [0.05, 0.1) is 0 Å². The maximum absolute atomic E-state index is 4.29. The van der Waals surface area contributed by atoms with E-state index in [0.717, 1.165) is 22.7 Å². The van der Waals surface area contributed by atoms with Gasteiger partial charge in [-0.2, -0.15) is 11.8 Å². The van der Waals surface area contributed by atoms with Gasteiger partial charge in [0.25, 0.3) is 0 Å². The molecule has 18 heavy (non-hydrogen) atoms. The van der Waals surface area contributed by atoms with Crippen molar-refractivity contribution in [1.29, 1.82) is 0 Å². The first-order valence-corrected chi connectivity index (χ1v) is 8.20. The molecule has 0 aromatic carbocycles. The van der Waals surface area contributed by atoms with Crippen LogP contribution in [0.5, 0.6) is 0 Å². The molecule has 100 valence electrons. The third-order valence-electron chi connectivity index (χ3n) is 3.55. The van der Waals surface area contributed by atoms with Gasteiger partial charge in [0, 0.05) is 18.3 Å². The molecule has 1 aliphatic carbocycles. The summed E-state index contributed by atoms with van der Waals surface area (Å²) in [4.78, 5) is 8.46. The molecule has 1 aromatic rings. The average Bonchev–Trinajstić information content (AvgIpc) is 2.87. The highest BCUT2D eigenvalue weighted by Gasteiger charge is 2.32. The average molecular weight is 331 g/mol. The van der Waals surface area contributed by atoms with Gasteiger partial charge in [0.1, 0.15) is 22.4 Å². The molecule has 0 amide bonds. The van der Waals surface area contributed by atoms with Crippen LogP contribution in [0.3, 0.4) is 0 Å². The third kappa shape index (κ3) is 2.91. The van der Waals surface area contributed by atoms with Crippen molar-refractivity contribution < 1.29 is 0 Å². The molecule has 0 saturated heterocycles. The lowest BCUT2D eigenvalue weighted by Gasteiger charge is -2.27. The van der Waals surface area contributed by atoms with E-state index in [2.05, 4.69) is 42.8 Å². The molecule has 0 aliphatic heterocycles. The highest BCUT2D eigenvalue weighted by atomic mass is 79.9. The predicted molar refractivity (Wildman–Crippen MR) is 82.5 cm³/mol. The zero-order valence-corrected chi connectivity index (χ0v) is 13.2. The quantitative estimate of drug-likeness (QED) is 0.866. The summed E-state index contributed by atoms with van der Waals surface area (Å²) in [6, 6.07) is 0. The Morgan fingerprint density at radius 3 is 2.61 bits per heavy atom. The molecule has 1 aliphatic rings. The lowest BCUT2D eigenvalue weighted by molar-refractivity contribution is 0.638. The minimum atomic E-state index is 0.379. The van der Waals surface area contributed by atoms with Crippen molar-refractivity contribution in [2.45, 2.75) is 30.4 Å². The summed E-state index contributed by atoms with van der Waals surface area (Å²) in [5, 5.41) is 6.51. The molecule has 0 radical (unpaired) electrons. The molecule has 2 N–H and O–H groups in total. The minimum Gasteiger partial charge on any atom is -0.372 e. The van der Waals surface area contributed by atoms with Crippen LogP contribution in [0.15, 0.2) is 10.8 Å².